The maximum atomic E-state index is 13.2. The number of ether oxygens (including phenoxy) is 3. The fraction of sp³-hybridized carbons (Fsp3) is 0.143. The number of aromatic nitrogens is 1. The Morgan fingerprint density at radius 1 is 1.07 bits per heavy atom. The minimum absolute atomic E-state index is 0. The highest BCUT2D eigenvalue weighted by atomic mass is 127. The van der Waals surface area contributed by atoms with Crippen molar-refractivity contribution in [3.05, 3.63) is 72.2 Å². The first kappa shape index (κ1) is 23.2. The summed E-state index contributed by atoms with van der Waals surface area (Å²) in [5.74, 6) is 1.86. The first-order chi connectivity index (χ1) is 14.1. The summed E-state index contributed by atoms with van der Waals surface area (Å²) < 4.78 is 29.2. The number of benzene rings is 2. The van der Waals surface area contributed by atoms with E-state index >= 15 is 0 Å². The van der Waals surface area contributed by atoms with E-state index in [4.69, 9.17) is 19.9 Å². The molecular weight excluding hydrogens is 502 g/mol. The summed E-state index contributed by atoms with van der Waals surface area (Å²) in [7, 11) is 3.15. The van der Waals surface area contributed by atoms with Gasteiger partial charge in [0.2, 0.25) is 5.88 Å². The second-order valence-electron chi connectivity index (χ2n) is 5.96. The molecule has 0 radical (unpaired) electrons. The molecule has 7 nitrogen and oxygen atoms in total. The number of nitrogens with zero attached hydrogens (tertiary/aromatic N) is 2. The highest BCUT2D eigenvalue weighted by Crippen LogP contribution is 2.28. The quantitative estimate of drug-likeness (QED) is 0.267. The fourth-order valence-electron chi connectivity index (χ4n) is 2.48. The van der Waals surface area contributed by atoms with Crippen LogP contribution in [-0.2, 0) is 6.54 Å². The van der Waals surface area contributed by atoms with Gasteiger partial charge in [-0.15, -0.1) is 24.0 Å². The molecule has 0 unspecified atom stereocenters. The van der Waals surface area contributed by atoms with Crippen LogP contribution in [0.1, 0.15) is 5.56 Å². The minimum Gasteiger partial charge on any atom is -0.497 e. The average molecular weight is 524 g/mol. The number of anilines is 1. The van der Waals surface area contributed by atoms with E-state index in [0.29, 0.717) is 35.4 Å². The molecule has 0 aliphatic rings. The highest BCUT2D eigenvalue weighted by molar-refractivity contribution is 14.0. The molecule has 3 rings (SSSR count). The molecule has 0 saturated carbocycles. The summed E-state index contributed by atoms with van der Waals surface area (Å²) in [6.45, 7) is 0.318. The molecule has 0 spiro atoms. The van der Waals surface area contributed by atoms with E-state index in [1.807, 2.05) is 6.07 Å². The summed E-state index contributed by atoms with van der Waals surface area (Å²) in [5, 5.41) is 3.00. The van der Waals surface area contributed by atoms with E-state index in [1.165, 1.54) is 12.1 Å². The van der Waals surface area contributed by atoms with Crippen molar-refractivity contribution in [3.8, 4) is 23.1 Å². The van der Waals surface area contributed by atoms with Crippen molar-refractivity contribution in [1.29, 1.82) is 0 Å². The molecule has 1 heterocycles. The lowest BCUT2D eigenvalue weighted by Crippen LogP contribution is -2.23. The zero-order valence-electron chi connectivity index (χ0n) is 16.5. The van der Waals surface area contributed by atoms with Crippen LogP contribution in [0.2, 0.25) is 0 Å². The summed E-state index contributed by atoms with van der Waals surface area (Å²) in [5.41, 5.74) is 7.45. The van der Waals surface area contributed by atoms with Crippen molar-refractivity contribution in [2.45, 2.75) is 6.54 Å². The van der Waals surface area contributed by atoms with Gasteiger partial charge in [-0.05, 0) is 29.8 Å². The second kappa shape index (κ2) is 11.2. The van der Waals surface area contributed by atoms with Crippen LogP contribution < -0.4 is 25.3 Å². The molecule has 30 heavy (non-hydrogen) atoms. The van der Waals surface area contributed by atoms with E-state index < -0.39 is 0 Å². The van der Waals surface area contributed by atoms with E-state index in [2.05, 4.69) is 15.3 Å². The molecule has 0 fully saturated rings. The number of halogens is 2. The van der Waals surface area contributed by atoms with Crippen molar-refractivity contribution >= 4 is 35.6 Å². The minimum atomic E-state index is -0.371. The Labute approximate surface area is 191 Å². The number of pyridine rings is 1. The Kier molecular flexibility index (Phi) is 8.66. The topological polar surface area (TPSA) is 91.0 Å². The maximum absolute atomic E-state index is 13.2. The van der Waals surface area contributed by atoms with Crippen molar-refractivity contribution in [2.24, 2.45) is 10.7 Å². The molecule has 9 heteroatoms. The normalized spacial score (nSPS) is 10.7. The number of aliphatic imine (C=N–C) groups is 1. The van der Waals surface area contributed by atoms with Crippen LogP contribution >= 0.6 is 24.0 Å². The fourth-order valence-corrected chi connectivity index (χ4v) is 2.48. The van der Waals surface area contributed by atoms with Crippen molar-refractivity contribution in [2.75, 3.05) is 19.5 Å². The number of nitrogens with one attached hydrogen (secondary N) is 1. The van der Waals surface area contributed by atoms with Crippen LogP contribution in [0.4, 0.5) is 10.1 Å². The predicted molar refractivity (Wildman–Crippen MR) is 125 cm³/mol. The molecular formula is C21H22FIN4O3. The third-order valence-corrected chi connectivity index (χ3v) is 3.92. The van der Waals surface area contributed by atoms with Gasteiger partial charge in [-0.1, -0.05) is 12.1 Å². The van der Waals surface area contributed by atoms with Crippen LogP contribution in [0.15, 0.2) is 65.8 Å². The van der Waals surface area contributed by atoms with Gasteiger partial charge < -0.3 is 25.3 Å². The van der Waals surface area contributed by atoms with Gasteiger partial charge in [0.25, 0.3) is 0 Å². The average Bonchev–Trinajstić information content (AvgIpc) is 2.73. The van der Waals surface area contributed by atoms with Crippen molar-refractivity contribution < 1.29 is 18.6 Å². The van der Waals surface area contributed by atoms with Crippen LogP contribution in [0.25, 0.3) is 0 Å². The van der Waals surface area contributed by atoms with Gasteiger partial charge in [0.05, 0.1) is 26.5 Å². The first-order valence-electron chi connectivity index (χ1n) is 8.74. The molecule has 0 aliphatic heterocycles. The second-order valence-corrected chi connectivity index (χ2v) is 5.96. The van der Waals surface area contributed by atoms with Gasteiger partial charge in [0, 0.05) is 24.4 Å². The van der Waals surface area contributed by atoms with Crippen LogP contribution in [0, 0.1) is 5.82 Å². The zero-order chi connectivity index (χ0) is 20.6. The summed E-state index contributed by atoms with van der Waals surface area (Å²) >= 11 is 0. The van der Waals surface area contributed by atoms with E-state index in [0.717, 1.165) is 5.56 Å². The number of hydrogen-bond donors (Lipinski definition) is 2. The molecule has 158 valence electrons. The van der Waals surface area contributed by atoms with Gasteiger partial charge in [-0.25, -0.2) is 14.4 Å². The first-order valence-corrected chi connectivity index (χ1v) is 8.74. The van der Waals surface area contributed by atoms with Gasteiger partial charge in [-0.3, -0.25) is 0 Å². The Morgan fingerprint density at radius 2 is 1.90 bits per heavy atom. The lowest BCUT2D eigenvalue weighted by atomic mass is 10.2. The van der Waals surface area contributed by atoms with Gasteiger partial charge in [0.15, 0.2) is 5.96 Å². The largest absolute Gasteiger partial charge is 0.497 e. The Morgan fingerprint density at radius 3 is 2.57 bits per heavy atom. The Bertz CT molecular complexity index is 1000. The SMILES string of the molecule is COc1ccc(OC)c(NC(N)=NCc2ccc(Oc3cccc(F)c3)nc2)c1.I. The highest BCUT2D eigenvalue weighted by Gasteiger charge is 2.06. The van der Waals surface area contributed by atoms with Gasteiger partial charge >= 0.3 is 0 Å². The molecule has 2 aromatic carbocycles. The number of guanidine groups is 1. The third kappa shape index (κ3) is 6.48. The lowest BCUT2D eigenvalue weighted by molar-refractivity contribution is 0.405. The standard InChI is InChI=1S/C21H21FN4O3.HI/c1-27-16-7-8-19(28-2)18(11-16)26-21(23)25-13-14-6-9-20(24-12-14)29-17-5-3-4-15(22)10-17;/h3-12H,13H2,1-2H3,(H3,23,25,26);1H. The van der Waals surface area contributed by atoms with Crippen LogP contribution in [-0.4, -0.2) is 25.2 Å². The van der Waals surface area contributed by atoms with Crippen LogP contribution in [0.5, 0.6) is 23.1 Å². The Balaban J connectivity index is 0.00000320. The molecule has 0 bridgehead atoms. The summed E-state index contributed by atoms with van der Waals surface area (Å²) in [6.07, 6.45) is 1.62. The number of nitrogens with two attached hydrogens (primary N) is 1. The maximum Gasteiger partial charge on any atom is 0.219 e. The van der Waals surface area contributed by atoms with E-state index in [9.17, 15) is 4.39 Å². The molecule has 3 aromatic rings. The molecule has 0 amide bonds. The molecule has 0 aliphatic carbocycles. The Hall–Kier alpha value is -3.08. The van der Waals surface area contributed by atoms with Gasteiger partial charge in [-0.2, -0.15) is 0 Å². The van der Waals surface area contributed by atoms with E-state index in [1.54, 1.807) is 56.8 Å². The molecule has 0 saturated heterocycles. The molecule has 3 N–H and O–H groups in total. The third-order valence-electron chi connectivity index (χ3n) is 3.92. The number of hydrogen-bond acceptors (Lipinski definition) is 5. The summed E-state index contributed by atoms with van der Waals surface area (Å²) in [6, 6.07) is 14.7. The van der Waals surface area contributed by atoms with Crippen LogP contribution in [0.3, 0.4) is 0 Å². The summed E-state index contributed by atoms with van der Waals surface area (Å²) in [4.78, 5) is 8.51. The van der Waals surface area contributed by atoms with E-state index in [-0.39, 0.29) is 35.8 Å². The lowest BCUT2D eigenvalue weighted by Gasteiger charge is -2.12. The predicted octanol–water partition coefficient (Wildman–Crippen LogP) is 4.58. The molecule has 0 atom stereocenters. The number of methoxy groups -OCH3 is 2. The molecule has 1 aromatic heterocycles. The van der Waals surface area contributed by atoms with Gasteiger partial charge in [0.1, 0.15) is 23.1 Å². The monoisotopic (exact) mass is 524 g/mol. The smallest absolute Gasteiger partial charge is 0.219 e. The van der Waals surface area contributed by atoms with Crippen molar-refractivity contribution in [3.63, 3.8) is 0 Å². The zero-order valence-corrected chi connectivity index (χ0v) is 18.8. The number of rotatable bonds is 7. The van der Waals surface area contributed by atoms with Crippen molar-refractivity contribution in [1.82, 2.24) is 4.98 Å².